The first-order valence-electron chi connectivity index (χ1n) is 5.85. The number of hydrogen-bond donors (Lipinski definition) is 2. The Morgan fingerprint density at radius 1 is 1.20 bits per heavy atom. The average Bonchev–Trinajstić information content (AvgIpc) is 3.03. The number of fused-ring (bicyclic) bond motifs is 1. The molecule has 3 rings (SSSR count). The zero-order valence-corrected chi connectivity index (χ0v) is 12.4. The molecule has 8 heteroatoms. The molecule has 0 aliphatic carbocycles. The number of benzene rings is 1. The molecule has 2 N–H and O–H groups in total. The third-order valence-corrected chi connectivity index (χ3v) is 4.47. The first-order chi connectivity index (χ1) is 9.65. The van der Waals surface area contributed by atoms with Crippen LogP contribution in [0.1, 0.15) is 15.4 Å². The van der Waals surface area contributed by atoms with Crippen LogP contribution in [0.3, 0.4) is 0 Å². The minimum absolute atomic E-state index is 0.292. The summed E-state index contributed by atoms with van der Waals surface area (Å²) in [5.74, 6) is -0.292. The van der Waals surface area contributed by atoms with Crippen LogP contribution in [0.5, 0.6) is 0 Å². The zero-order chi connectivity index (χ0) is 14.1. The number of rotatable bonds is 3. The molecule has 20 heavy (non-hydrogen) atoms. The summed E-state index contributed by atoms with van der Waals surface area (Å²) in [5.41, 5.74) is 2.05. The molecule has 0 unspecified atom stereocenters. The number of aryl methyl sites for hydroxylation is 1. The summed E-state index contributed by atoms with van der Waals surface area (Å²) in [6.45, 7) is 2.03. The van der Waals surface area contributed by atoms with Gasteiger partial charge in [-0.25, -0.2) is 4.98 Å². The highest BCUT2D eigenvalue weighted by molar-refractivity contribution is 7.22. The normalized spacial score (nSPS) is 10.7. The molecule has 6 nitrogen and oxygen atoms in total. The monoisotopic (exact) mass is 305 g/mol. The van der Waals surface area contributed by atoms with Gasteiger partial charge in [-0.05, 0) is 24.6 Å². The van der Waals surface area contributed by atoms with E-state index in [-0.39, 0.29) is 5.91 Å². The Labute approximate surface area is 122 Å². The molecule has 2 heterocycles. The van der Waals surface area contributed by atoms with Gasteiger partial charge in [-0.1, -0.05) is 28.7 Å². The Morgan fingerprint density at radius 2 is 2.05 bits per heavy atom. The van der Waals surface area contributed by atoms with E-state index in [1.54, 1.807) is 7.05 Å². The largest absolute Gasteiger partial charge is 0.363 e. The molecule has 0 aliphatic heterocycles. The van der Waals surface area contributed by atoms with E-state index < -0.39 is 0 Å². The number of nitrogens with one attached hydrogen (secondary N) is 2. The van der Waals surface area contributed by atoms with Crippen molar-refractivity contribution in [1.29, 1.82) is 0 Å². The van der Waals surface area contributed by atoms with Gasteiger partial charge in [-0.15, -0.1) is 10.2 Å². The van der Waals surface area contributed by atoms with Crippen molar-refractivity contribution in [2.24, 2.45) is 0 Å². The second-order valence-corrected chi connectivity index (χ2v) is 6.11. The van der Waals surface area contributed by atoms with Gasteiger partial charge in [-0.3, -0.25) is 10.1 Å². The molecular weight excluding hydrogens is 294 g/mol. The van der Waals surface area contributed by atoms with E-state index in [2.05, 4.69) is 25.8 Å². The van der Waals surface area contributed by atoms with Crippen LogP contribution >= 0.6 is 22.7 Å². The molecule has 0 aliphatic rings. The fraction of sp³-hybridized carbons (Fsp3) is 0.167. The van der Waals surface area contributed by atoms with Gasteiger partial charge < -0.3 is 5.32 Å². The van der Waals surface area contributed by atoms with Crippen molar-refractivity contribution in [3.05, 3.63) is 28.8 Å². The standard InChI is InChI=1S/C12H11N5OS2/c1-6-3-4-7-8(5-6)19-12(14-7)15-9(18)10-16-17-11(13-2)20-10/h3-5H,1-2H3,(H,13,17)(H,14,15,18). The van der Waals surface area contributed by atoms with Gasteiger partial charge in [0.2, 0.25) is 10.1 Å². The Morgan fingerprint density at radius 3 is 2.80 bits per heavy atom. The predicted octanol–water partition coefficient (Wildman–Crippen LogP) is 2.75. The minimum atomic E-state index is -0.292. The van der Waals surface area contributed by atoms with Crippen molar-refractivity contribution >= 4 is 49.1 Å². The topological polar surface area (TPSA) is 79.8 Å². The summed E-state index contributed by atoms with van der Waals surface area (Å²) in [5, 5.41) is 14.7. The Balaban J connectivity index is 1.83. The number of anilines is 2. The number of hydrogen-bond acceptors (Lipinski definition) is 7. The van der Waals surface area contributed by atoms with Crippen LogP contribution in [0.25, 0.3) is 10.2 Å². The van der Waals surface area contributed by atoms with E-state index in [0.717, 1.165) is 10.2 Å². The molecule has 0 saturated carbocycles. The fourth-order valence-electron chi connectivity index (χ4n) is 1.65. The molecule has 0 atom stereocenters. The smallest absolute Gasteiger partial charge is 0.288 e. The van der Waals surface area contributed by atoms with Crippen molar-refractivity contribution in [2.75, 3.05) is 17.7 Å². The molecule has 1 amide bonds. The van der Waals surface area contributed by atoms with Gasteiger partial charge in [0.15, 0.2) is 5.13 Å². The number of carbonyl (C=O) groups is 1. The summed E-state index contributed by atoms with van der Waals surface area (Å²) < 4.78 is 1.05. The average molecular weight is 305 g/mol. The SMILES string of the molecule is CNc1nnc(C(=O)Nc2nc3ccc(C)cc3s2)s1. The van der Waals surface area contributed by atoms with Crippen LogP contribution in [-0.4, -0.2) is 28.1 Å². The fourth-order valence-corrected chi connectivity index (χ4v) is 3.20. The van der Waals surface area contributed by atoms with Gasteiger partial charge >= 0.3 is 0 Å². The highest BCUT2D eigenvalue weighted by Gasteiger charge is 2.14. The molecule has 0 radical (unpaired) electrons. The Kier molecular flexibility index (Phi) is 3.33. The second kappa shape index (κ2) is 5.14. The lowest BCUT2D eigenvalue weighted by Crippen LogP contribution is -2.11. The molecule has 1 aromatic carbocycles. The van der Waals surface area contributed by atoms with Crippen LogP contribution in [0.15, 0.2) is 18.2 Å². The summed E-state index contributed by atoms with van der Waals surface area (Å²) in [4.78, 5) is 16.4. The molecule has 3 aromatic rings. The molecule has 0 saturated heterocycles. The van der Waals surface area contributed by atoms with Crippen LogP contribution in [0, 0.1) is 6.92 Å². The second-order valence-electron chi connectivity index (χ2n) is 4.11. The maximum Gasteiger partial charge on any atom is 0.288 e. The van der Waals surface area contributed by atoms with E-state index >= 15 is 0 Å². The van der Waals surface area contributed by atoms with Crippen molar-refractivity contribution in [3.8, 4) is 0 Å². The zero-order valence-electron chi connectivity index (χ0n) is 10.8. The summed E-state index contributed by atoms with van der Waals surface area (Å²) in [6.07, 6.45) is 0. The van der Waals surface area contributed by atoms with Gasteiger partial charge in [0, 0.05) is 7.05 Å². The Hall–Kier alpha value is -2.06. The quantitative estimate of drug-likeness (QED) is 0.778. The van der Waals surface area contributed by atoms with Crippen molar-refractivity contribution < 1.29 is 4.79 Å². The maximum atomic E-state index is 12.0. The first kappa shape index (κ1) is 12.9. The molecular formula is C12H11N5OS2. The number of carbonyl (C=O) groups excluding carboxylic acids is 1. The third kappa shape index (κ3) is 2.47. The first-order valence-corrected chi connectivity index (χ1v) is 7.49. The lowest BCUT2D eigenvalue weighted by molar-refractivity contribution is 0.102. The van der Waals surface area contributed by atoms with E-state index in [4.69, 9.17) is 0 Å². The van der Waals surface area contributed by atoms with Crippen LogP contribution in [0.2, 0.25) is 0 Å². The highest BCUT2D eigenvalue weighted by Crippen LogP contribution is 2.27. The Bertz CT molecular complexity index is 779. The van der Waals surface area contributed by atoms with Crippen molar-refractivity contribution in [2.45, 2.75) is 6.92 Å². The molecule has 0 bridgehead atoms. The van der Waals surface area contributed by atoms with E-state index in [1.807, 2.05) is 25.1 Å². The lowest BCUT2D eigenvalue weighted by Gasteiger charge is -1.95. The molecule has 102 valence electrons. The van der Waals surface area contributed by atoms with E-state index in [1.165, 1.54) is 28.2 Å². The molecule has 0 fully saturated rings. The summed E-state index contributed by atoms with van der Waals surface area (Å²) in [6, 6.07) is 5.99. The number of nitrogens with zero attached hydrogens (tertiary/aromatic N) is 3. The number of aromatic nitrogens is 3. The predicted molar refractivity (Wildman–Crippen MR) is 81.8 cm³/mol. The van der Waals surface area contributed by atoms with Crippen molar-refractivity contribution in [3.63, 3.8) is 0 Å². The lowest BCUT2D eigenvalue weighted by atomic mass is 10.2. The van der Waals surface area contributed by atoms with E-state index in [9.17, 15) is 4.79 Å². The van der Waals surface area contributed by atoms with Gasteiger partial charge in [-0.2, -0.15) is 0 Å². The van der Waals surface area contributed by atoms with Gasteiger partial charge in [0.1, 0.15) is 0 Å². The number of amides is 1. The van der Waals surface area contributed by atoms with E-state index in [0.29, 0.717) is 15.3 Å². The number of thiazole rings is 1. The van der Waals surface area contributed by atoms with Gasteiger partial charge in [0.05, 0.1) is 10.2 Å². The van der Waals surface area contributed by atoms with Crippen LogP contribution in [-0.2, 0) is 0 Å². The molecule has 2 aromatic heterocycles. The van der Waals surface area contributed by atoms with Crippen LogP contribution in [0.4, 0.5) is 10.3 Å². The minimum Gasteiger partial charge on any atom is -0.363 e. The summed E-state index contributed by atoms with van der Waals surface area (Å²) >= 11 is 2.65. The highest BCUT2D eigenvalue weighted by atomic mass is 32.1. The third-order valence-electron chi connectivity index (χ3n) is 2.60. The summed E-state index contributed by atoms with van der Waals surface area (Å²) in [7, 11) is 1.73. The maximum absolute atomic E-state index is 12.0. The van der Waals surface area contributed by atoms with Gasteiger partial charge in [0.25, 0.3) is 5.91 Å². The van der Waals surface area contributed by atoms with Crippen molar-refractivity contribution in [1.82, 2.24) is 15.2 Å². The molecule has 0 spiro atoms. The van der Waals surface area contributed by atoms with Crippen LogP contribution < -0.4 is 10.6 Å².